The van der Waals surface area contributed by atoms with Gasteiger partial charge in [-0.15, -0.1) is 0 Å². The molecule has 1 unspecified atom stereocenters. The van der Waals surface area contributed by atoms with Crippen LogP contribution in [0.3, 0.4) is 0 Å². The van der Waals surface area contributed by atoms with Crippen LogP contribution in [0.25, 0.3) is 11.4 Å². The van der Waals surface area contributed by atoms with Crippen LogP contribution < -0.4 is 5.32 Å². The topological polar surface area (TPSA) is 88.3 Å². The molecule has 2 heterocycles. The minimum Gasteiger partial charge on any atom is -0.338 e. The second kappa shape index (κ2) is 11.6. The Morgan fingerprint density at radius 1 is 1.00 bits per heavy atom. The highest BCUT2D eigenvalue weighted by Gasteiger charge is 2.27. The highest BCUT2D eigenvalue weighted by atomic mass is 16.5. The number of rotatable bonds is 7. The maximum absolute atomic E-state index is 13.2. The van der Waals surface area contributed by atoms with E-state index in [-0.39, 0.29) is 23.0 Å². The number of likely N-dealkylation sites (tertiary alicyclic amines) is 1. The Bertz CT molecular complexity index is 1480. The number of nitrogens with one attached hydrogen (secondary N) is 1. The molecule has 0 aliphatic carbocycles. The first-order valence-electron chi connectivity index (χ1n) is 13.8. The van der Waals surface area contributed by atoms with Gasteiger partial charge in [0.05, 0.1) is 12.5 Å². The summed E-state index contributed by atoms with van der Waals surface area (Å²) < 4.78 is 5.50. The summed E-state index contributed by atoms with van der Waals surface area (Å²) in [6.07, 6.45) is 1.71. The first-order valence-corrected chi connectivity index (χ1v) is 13.8. The van der Waals surface area contributed by atoms with Crippen molar-refractivity contribution in [2.24, 2.45) is 5.92 Å². The standard InChI is InChI=1S/C33H36N4O3/c1-22-10-12-24(13-11-22)31-35-29(40-36-31)21-37-18-6-8-26(20-37)32(39)34-28-9-5-7-25(19-28)30(38)23-14-16-27(17-15-23)33(2,3)4/h5,7,9-17,19,26H,6,8,18,20-21H2,1-4H3,(H,34,39). The van der Waals surface area contributed by atoms with Crippen LogP contribution >= 0.6 is 0 Å². The van der Waals surface area contributed by atoms with Gasteiger partial charge in [0.2, 0.25) is 17.6 Å². The smallest absolute Gasteiger partial charge is 0.241 e. The van der Waals surface area contributed by atoms with Crippen LogP contribution in [-0.4, -0.2) is 39.8 Å². The Morgan fingerprint density at radius 3 is 2.48 bits per heavy atom. The molecule has 5 rings (SSSR count). The summed E-state index contributed by atoms with van der Waals surface area (Å²) in [7, 11) is 0. The molecule has 4 aromatic rings. The van der Waals surface area contributed by atoms with Gasteiger partial charge in [0, 0.05) is 28.9 Å². The monoisotopic (exact) mass is 536 g/mol. The van der Waals surface area contributed by atoms with E-state index in [1.165, 1.54) is 11.1 Å². The summed E-state index contributed by atoms with van der Waals surface area (Å²) in [6, 6.07) is 22.9. The number of nitrogens with zero attached hydrogens (tertiary/aromatic N) is 3. The lowest BCUT2D eigenvalue weighted by Crippen LogP contribution is -2.40. The summed E-state index contributed by atoms with van der Waals surface area (Å²) >= 11 is 0. The molecule has 3 aromatic carbocycles. The second-order valence-corrected chi connectivity index (χ2v) is 11.7. The van der Waals surface area contributed by atoms with Gasteiger partial charge in [-0.3, -0.25) is 14.5 Å². The van der Waals surface area contributed by atoms with Crippen LogP contribution in [0.4, 0.5) is 5.69 Å². The van der Waals surface area contributed by atoms with E-state index < -0.39 is 0 Å². The molecule has 0 bridgehead atoms. The van der Waals surface area contributed by atoms with Crippen molar-refractivity contribution in [2.45, 2.75) is 52.5 Å². The minimum absolute atomic E-state index is 0.0240. The summed E-state index contributed by atoms with van der Waals surface area (Å²) in [4.78, 5) is 33.1. The number of amides is 1. The maximum Gasteiger partial charge on any atom is 0.241 e. The fraction of sp³-hybridized carbons (Fsp3) is 0.333. The van der Waals surface area contributed by atoms with E-state index in [0.717, 1.165) is 24.9 Å². The molecule has 1 aliphatic heterocycles. The molecule has 7 nitrogen and oxygen atoms in total. The van der Waals surface area contributed by atoms with Gasteiger partial charge in [-0.2, -0.15) is 4.98 Å². The van der Waals surface area contributed by atoms with E-state index in [4.69, 9.17) is 4.52 Å². The number of aromatic nitrogens is 2. The van der Waals surface area contributed by atoms with E-state index in [2.05, 4.69) is 41.1 Å². The molecule has 1 atom stereocenters. The van der Waals surface area contributed by atoms with Crippen molar-refractivity contribution in [1.29, 1.82) is 0 Å². The number of hydrogen-bond acceptors (Lipinski definition) is 6. The van der Waals surface area contributed by atoms with Crippen LogP contribution in [-0.2, 0) is 16.8 Å². The third kappa shape index (κ3) is 6.54. The van der Waals surface area contributed by atoms with Crippen molar-refractivity contribution in [3.63, 3.8) is 0 Å². The number of carbonyl (C=O) groups is 2. The fourth-order valence-electron chi connectivity index (χ4n) is 5.01. The Kier molecular flexibility index (Phi) is 7.94. The Morgan fingerprint density at radius 2 is 1.75 bits per heavy atom. The lowest BCUT2D eigenvalue weighted by Gasteiger charge is -2.30. The van der Waals surface area contributed by atoms with Crippen LogP contribution in [0, 0.1) is 12.8 Å². The fourth-order valence-corrected chi connectivity index (χ4v) is 5.01. The molecule has 1 aliphatic rings. The number of ketones is 1. The lowest BCUT2D eigenvalue weighted by molar-refractivity contribution is -0.121. The number of benzene rings is 3. The Hall–Kier alpha value is -4.10. The summed E-state index contributed by atoms with van der Waals surface area (Å²) in [5.41, 5.74) is 5.10. The largest absolute Gasteiger partial charge is 0.338 e. The van der Waals surface area contributed by atoms with Crippen LogP contribution in [0.2, 0.25) is 0 Å². The zero-order valence-electron chi connectivity index (χ0n) is 23.6. The first-order chi connectivity index (χ1) is 19.2. The molecule has 1 aromatic heterocycles. The van der Waals surface area contributed by atoms with Crippen molar-refractivity contribution in [1.82, 2.24) is 15.0 Å². The number of hydrogen-bond donors (Lipinski definition) is 1. The van der Waals surface area contributed by atoms with Gasteiger partial charge in [-0.05, 0) is 49.4 Å². The predicted molar refractivity (Wildman–Crippen MR) is 156 cm³/mol. The minimum atomic E-state index is -0.169. The third-order valence-corrected chi connectivity index (χ3v) is 7.42. The molecule has 1 N–H and O–H groups in total. The molecule has 1 saturated heterocycles. The molecule has 206 valence electrons. The molecule has 1 fully saturated rings. The molecule has 0 radical (unpaired) electrons. The van der Waals surface area contributed by atoms with E-state index in [9.17, 15) is 9.59 Å². The van der Waals surface area contributed by atoms with Gasteiger partial charge < -0.3 is 9.84 Å². The van der Waals surface area contributed by atoms with Crippen LogP contribution in [0.1, 0.15) is 66.6 Å². The van der Waals surface area contributed by atoms with Gasteiger partial charge in [-0.1, -0.05) is 92.2 Å². The van der Waals surface area contributed by atoms with Gasteiger partial charge in [0.25, 0.3) is 0 Å². The number of carbonyl (C=O) groups excluding carboxylic acids is 2. The summed E-state index contributed by atoms with van der Waals surface area (Å²) in [5.74, 6) is 0.830. The highest BCUT2D eigenvalue weighted by Crippen LogP contribution is 2.25. The zero-order chi connectivity index (χ0) is 28.3. The average Bonchev–Trinajstić information content (AvgIpc) is 3.41. The molecule has 40 heavy (non-hydrogen) atoms. The van der Waals surface area contributed by atoms with Crippen LogP contribution in [0.15, 0.2) is 77.3 Å². The lowest BCUT2D eigenvalue weighted by atomic mass is 9.86. The summed E-state index contributed by atoms with van der Waals surface area (Å²) in [6.45, 7) is 10.5. The second-order valence-electron chi connectivity index (χ2n) is 11.7. The molecule has 0 spiro atoms. The zero-order valence-corrected chi connectivity index (χ0v) is 23.6. The average molecular weight is 537 g/mol. The number of piperidine rings is 1. The van der Waals surface area contributed by atoms with E-state index in [1.54, 1.807) is 18.2 Å². The molecular weight excluding hydrogens is 500 g/mol. The van der Waals surface area contributed by atoms with Crippen molar-refractivity contribution >= 4 is 17.4 Å². The SMILES string of the molecule is Cc1ccc(-c2noc(CN3CCCC(C(=O)Nc4cccc(C(=O)c5ccc(C(C)(C)C)cc5)c4)C3)n2)cc1. The third-order valence-electron chi connectivity index (χ3n) is 7.42. The molecular formula is C33H36N4O3. The first kappa shape index (κ1) is 27.5. The summed E-state index contributed by atoms with van der Waals surface area (Å²) in [5, 5.41) is 7.16. The molecule has 0 saturated carbocycles. The Balaban J connectivity index is 1.19. The number of anilines is 1. The van der Waals surface area contributed by atoms with Gasteiger partial charge >= 0.3 is 0 Å². The normalized spacial score (nSPS) is 16.1. The quantitative estimate of drug-likeness (QED) is 0.274. The molecule has 7 heteroatoms. The van der Waals surface area contributed by atoms with Gasteiger partial charge in [0.1, 0.15) is 0 Å². The molecule has 1 amide bonds. The van der Waals surface area contributed by atoms with Gasteiger partial charge in [0.15, 0.2) is 5.78 Å². The number of aryl methyl sites for hydroxylation is 1. The Labute approximate surface area is 235 Å². The van der Waals surface area contributed by atoms with Crippen molar-refractivity contribution in [3.05, 3.63) is 101 Å². The van der Waals surface area contributed by atoms with Crippen LogP contribution in [0.5, 0.6) is 0 Å². The van der Waals surface area contributed by atoms with E-state index in [1.807, 2.05) is 61.5 Å². The van der Waals surface area contributed by atoms with Gasteiger partial charge in [-0.25, -0.2) is 0 Å². The predicted octanol–water partition coefficient (Wildman–Crippen LogP) is 6.42. The van der Waals surface area contributed by atoms with Crippen molar-refractivity contribution < 1.29 is 14.1 Å². The van der Waals surface area contributed by atoms with E-state index in [0.29, 0.717) is 41.6 Å². The van der Waals surface area contributed by atoms with Crippen molar-refractivity contribution in [3.8, 4) is 11.4 Å². The van der Waals surface area contributed by atoms with E-state index >= 15 is 0 Å². The van der Waals surface area contributed by atoms with Crippen molar-refractivity contribution in [2.75, 3.05) is 18.4 Å². The highest BCUT2D eigenvalue weighted by molar-refractivity contribution is 6.09. The maximum atomic E-state index is 13.2.